The Balaban J connectivity index is 3.10. The first kappa shape index (κ1) is 11.3. The van der Waals surface area contributed by atoms with Crippen LogP contribution >= 0.6 is 46.4 Å². The van der Waals surface area contributed by atoms with Crippen LogP contribution in [-0.2, 0) is 14.1 Å². The SMILES string of the molecule is Cn1c[n+](C)c2c(Cl)c(Cl)c(Cl)c(Cl)c21. The molecule has 0 bridgehead atoms. The van der Waals surface area contributed by atoms with Crippen LogP contribution in [0.4, 0.5) is 0 Å². The van der Waals surface area contributed by atoms with Crippen molar-refractivity contribution in [3.8, 4) is 0 Å². The molecule has 0 amide bonds. The zero-order chi connectivity index (χ0) is 11.3. The Morgan fingerprint density at radius 3 is 2.13 bits per heavy atom. The summed E-state index contributed by atoms with van der Waals surface area (Å²) in [6.07, 6.45) is 1.86. The molecule has 0 saturated heterocycles. The van der Waals surface area contributed by atoms with Gasteiger partial charge in [0.25, 0.3) is 0 Å². The molecule has 0 aliphatic rings. The molecule has 0 fully saturated rings. The van der Waals surface area contributed by atoms with E-state index in [0.29, 0.717) is 10.0 Å². The highest BCUT2D eigenvalue weighted by molar-refractivity contribution is 6.54. The molecule has 0 aliphatic heterocycles. The van der Waals surface area contributed by atoms with Gasteiger partial charge in [0.2, 0.25) is 6.33 Å². The topological polar surface area (TPSA) is 8.81 Å². The van der Waals surface area contributed by atoms with Crippen molar-refractivity contribution in [1.29, 1.82) is 0 Å². The summed E-state index contributed by atoms with van der Waals surface area (Å²) in [5.41, 5.74) is 1.55. The highest BCUT2D eigenvalue weighted by atomic mass is 35.5. The summed E-state index contributed by atoms with van der Waals surface area (Å²) in [7, 11) is 3.74. The minimum Gasteiger partial charge on any atom is -0.231 e. The molecule has 15 heavy (non-hydrogen) atoms. The summed E-state index contributed by atoms with van der Waals surface area (Å²) in [5, 5.41) is 1.42. The summed E-state index contributed by atoms with van der Waals surface area (Å²) in [5.74, 6) is 0. The zero-order valence-electron chi connectivity index (χ0n) is 7.98. The number of benzene rings is 1. The van der Waals surface area contributed by atoms with Gasteiger partial charge >= 0.3 is 0 Å². The maximum atomic E-state index is 6.11. The number of hydrogen-bond donors (Lipinski definition) is 0. The lowest BCUT2D eigenvalue weighted by Crippen LogP contribution is -2.25. The number of aromatic nitrogens is 2. The number of aryl methyl sites for hydroxylation is 2. The molecule has 80 valence electrons. The van der Waals surface area contributed by atoms with E-state index in [1.165, 1.54) is 0 Å². The van der Waals surface area contributed by atoms with E-state index in [2.05, 4.69) is 0 Å². The van der Waals surface area contributed by atoms with Crippen LogP contribution in [0.25, 0.3) is 11.0 Å². The normalized spacial score (nSPS) is 11.3. The number of nitrogens with zero attached hydrogens (tertiary/aromatic N) is 2. The molecule has 6 heteroatoms. The molecule has 1 aromatic heterocycles. The molecule has 0 N–H and O–H groups in total. The van der Waals surface area contributed by atoms with Crippen molar-refractivity contribution in [3.05, 3.63) is 26.4 Å². The molecule has 0 atom stereocenters. The van der Waals surface area contributed by atoms with Crippen molar-refractivity contribution in [2.24, 2.45) is 14.1 Å². The van der Waals surface area contributed by atoms with Crippen LogP contribution in [0.2, 0.25) is 20.1 Å². The van der Waals surface area contributed by atoms with Gasteiger partial charge < -0.3 is 0 Å². The second kappa shape index (κ2) is 3.70. The van der Waals surface area contributed by atoms with Crippen LogP contribution < -0.4 is 4.57 Å². The first-order chi connectivity index (χ1) is 6.95. The van der Waals surface area contributed by atoms with Gasteiger partial charge in [-0.2, -0.15) is 0 Å². The molecule has 0 saturated carbocycles. The lowest BCUT2D eigenvalue weighted by molar-refractivity contribution is -0.645. The van der Waals surface area contributed by atoms with Crippen LogP contribution in [0, 0.1) is 0 Å². The van der Waals surface area contributed by atoms with Gasteiger partial charge in [0, 0.05) is 0 Å². The third-order valence-electron chi connectivity index (χ3n) is 2.27. The van der Waals surface area contributed by atoms with Gasteiger partial charge in [0.1, 0.15) is 10.0 Å². The lowest BCUT2D eigenvalue weighted by atomic mass is 10.3. The first-order valence-electron chi connectivity index (χ1n) is 4.11. The van der Waals surface area contributed by atoms with Crippen molar-refractivity contribution in [2.75, 3.05) is 0 Å². The minimum atomic E-state index is 0.289. The van der Waals surface area contributed by atoms with E-state index in [0.717, 1.165) is 11.0 Å². The average molecular weight is 285 g/mol. The molecule has 2 aromatic rings. The van der Waals surface area contributed by atoms with Crippen molar-refractivity contribution in [2.45, 2.75) is 0 Å². The molecule has 1 heterocycles. The summed E-state index contributed by atoms with van der Waals surface area (Å²) < 4.78 is 3.71. The van der Waals surface area contributed by atoms with Crippen LogP contribution in [-0.4, -0.2) is 4.57 Å². The van der Waals surface area contributed by atoms with Crippen LogP contribution in [0.5, 0.6) is 0 Å². The Morgan fingerprint density at radius 1 is 1.00 bits per heavy atom. The van der Waals surface area contributed by atoms with Gasteiger partial charge in [-0.3, -0.25) is 0 Å². The smallest absolute Gasteiger partial charge is 0.231 e. The molecule has 2 rings (SSSR count). The summed E-state index contributed by atoms with van der Waals surface area (Å²) >= 11 is 24.2. The van der Waals surface area contributed by atoms with E-state index in [9.17, 15) is 0 Å². The van der Waals surface area contributed by atoms with Crippen molar-refractivity contribution in [3.63, 3.8) is 0 Å². The number of halogens is 4. The third kappa shape index (κ3) is 1.51. The zero-order valence-corrected chi connectivity index (χ0v) is 11.0. The standard InChI is InChI=1S/C9H7Cl4N2/c1-14-3-15(2)9-7(13)5(11)4(10)6(12)8(9)14/h3H,1-2H3/q+1. The third-order valence-corrected chi connectivity index (χ3v) is 4.05. The number of hydrogen-bond acceptors (Lipinski definition) is 0. The van der Waals surface area contributed by atoms with Crippen LogP contribution in [0.1, 0.15) is 0 Å². The summed E-state index contributed by atoms with van der Waals surface area (Å²) in [6, 6.07) is 0. The van der Waals surface area contributed by atoms with Crippen molar-refractivity contribution >= 4 is 57.4 Å². The van der Waals surface area contributed by atoms with Gasteiger partial charge in [-0.15, -0.1) is 0 Å². The molecular weight excluding hydrogens is 278 g/mol. The van der Waals surface area contributed by atoms with E-state index < -0.39 is 0 Å². The number of fused-ring (bicyclic) bond motifs is 1. The van der Waals surface area contributed by atoms with Crippen molar-refractivity contribution in [1.82, 2.24) is 4.57 Å². The largest absolute Gasteiger partial charge is 0.244 e. The predicted molar refractivity (Wildman–Crippen MR) is 64.1 cm³/mol. The first-order valence-corrected chi connectivity index (χ1v) is 5.63. The van der Waals surface area contributed by atoms with Gasteiger partial charge in [-0.25, -0.2) is 9.13 Å². The van der Waals surface area contributed by atoms with Gasteiger partial charge in [0.05, 0.1) is 24.1 Å². The van der Waals surface area contributed by atoms with Crippen molar-refractivity contribution < 1.29 is 4.57 Å². The van der Waals surface area contributed by atoms with E-state index in [4.69, 9.17) is 46.4 Å². The van der Waals surface area contributed by atoms with Gasteiger partial charge in [0.15, 0.2) is 11.0 Å². The monoisotopic (exact) mass is 283 g/mol. The fourth-order valence-corrected chi connectivity index (χ4v) is 2.73. The van der Waals surface area contributed by atoms with Crippen LogP contribution in [0.15, 0.2) is 6.33 Å². The quantitative estimate of drug-likeness (QED) is 0.397. The van der Waals surface area contributed by atoms with E-state index in [1.54, 1.807) is 0 Å². The fourth-order valence-electron chi connectivity index (χ4n) is 1.63. The maximum Gasteiger partial charge on any atom is 0.244 e. The Morgan fingerprint density at radius 2 is 1.53 bits per heavy atom. The Bertz CT molecular complexity index is 511. The highest BCUT2D eigenvalue weighted by Crippen LogP contribution is 2.41. The van der Waals surface area contributed by atoms with E-state index in [-0.39, 0.29) is 10.0 Å². The lowest BCUT2D eigenvalue weighted by Gasteiger charge is -2.02. The van der Waals surface area contributed by atoms with Gasteiger partial charge in [-0.05, 0) is 0 Å². The summed E-state index contributed by atoms with van der Waals surface area (Å²) in [6.45, 7) is 0. The second-order valence-corrected chi connectivity index (χ2v) is 4.80. The van der Waals surface area contributed by atoms with E-state index >= 15 is 0 Å². The molecule has 0 radical (unpaired) electrons. The molecule has 0 aliphatic carbocycles. The summed E-state index contributed by atoms with van der Waals surface area (Å²) in [4.78, 5) is 0. The molecule has 2 nitrogen and oxygen atoms in total. The highest BCUT2D eigenvalue weighted by Gasteiger charge is 2.24. The molecule has 1 aromatic carbocycles. The molecule has 0 unspecified atom stereocenters. The predicted octanol–water partition coefficient (Wildman–Crippen LogP) is 3.62. The molecular formula is C9H7Cl4N2+. The fraction of sp³-hybridized carbons (Fsp3) is 0.222. The number of imidazole rings is 1. The minimum absolute atomic E-state index is 0.289. The van der Waals surface area contributed by atoms with Gasteiger partial charge in [-0.1, -0.05) is 46.4 Å². The maximum absolute atomic E-state index is 6.11. The number of rotatable bonds is 0. The Labute approximate surface area is 107 Å². The average Bonchev–Trinajstić information content (AvgIpc) is 2.47. The Hall–Kier alpha value is -0.150. The Kier molecular flexibility index (Phi) is 2.80. The molecule has 0 spiro atoms. The second-order valence-electron chi connectivity index (χ2n) is 3.29. The van der Waals surface area contributed by atoms with Crippen LogP contribution in [0.3, 0.4) is 0 Å². The van der Waals surface area contributed by atoms with E-state index in [1.807, 2.05) is 29.6 Å².